The molecule has 0 aromatic carbocycles. The lowest BCUT2D eigenvalue weighted by Gasteiger charge is -2.61. The summed E-state index contributed by atoms with van der Waals surface area (Å²) in [5.74, 6) is 5.42. The number of carbonyl (C=O) groups is 1. The minimum absolute atomic E-state index is 0.0130. The molecule has 0 bridgehead atoms. The van der Waals surface area contributed by atoms with Crippen molar-refractivity contribution in [1.29, 1.82) is 0 Å². The molecule has 0 saturated heterocycles. The molecule has 0 amide bonds. The lowest BCUT2D eigenvalue weighted by atomic mass is 9.44. The second-order valence-electron chi connectivity index (χ2n) is 15.0. The van der Waals surface area contributed by atoms with Crippen molar-refractivity contribution in [3.05, 3.63) is 0 Å². The largest absolute Gasteiger partial charge is 0.462 e. The van der Waals surface area contributed by atoms with Crippen LogP contribution in [0.25, 0.3) is 0 Å². The number of rotatable bonds is 7. The van der Waals surface area contributed by atoms with Crippen LogP contribution in [0.5, 0.6) is 0 Å². The van der Waals surface area contributed by atoms with Crippen LogP contribution < -0.4 is 5.73 Å². The first kappa shape index (κ1) is 27.0. The molecule has 2 N–H and O–H groups in total. The standard InChI is InChI=1S/C33H57NO2/c1-5-9-23(2)27-12-13-28-26-11-10-24-20-25(14-18-31(24,3)29(26)15-19-32(27,28)4)36-30(35)21-33(22-34)16-7-6-8-17-33/h23-29H,5-22,34H2,1-4H3/t23-,24?,25?,26?,27-,28?,29?,31+,32-/m1/s1. The summed E-state index contributed by atoms with van der Waals surface area (Å²) in [5.41, 5.74) is 7.23. The molecule has 0 heterocycles. The number of ether oxygens (including phenoxy) is 1. The molecule has 5 aliphatic carbocycles. The van der Waals surface area contributed by atoms with E-state index in [1.807, 2.05) is 0 Å². The molecule has 3 heteroatoms. The van der Waals surface area contributed by atoms with Crippen molar-refractivity contribution >= 4 is 5.97 Å². The number of fused-ring (bicyclic) bond motifs is 5. The SMILES string of the molecule is CCC[C@@H](C)[C@H]1CCC2C3CCC4CC(OC(=O)CC5(CN)CCCCC5)CC[C@]4(C)C3CC[C@@]21C. The fraction of sp³-hybridized carbons (Fsp3) is 0.970. The molecule has 9 atom stereocenters. The summed E-state index contributed by atoms with van der Waals surface area (Å²) in [6.45, 7) is 10.9. The van der Waals surface area contributed by atoms with Gasteiger partial charge in [-0.3, -0.25) is 4.79 Å². The van der Waals surface area contributed by atoms with Crippen molar-refractivity contribution in [3.8, 4) is 0 Å². The molecule has 0 aromatic heterocycles. The van der Waals surface area contributed by atoms with Crippen LogP contribution in [0.3, 0.4) is 0 Å². The van der Waals surface area contributed by atoms with Crippen LogP contribution >= 0.6 is 0 Å². The molecule has 0 aromatic rings. The smallest absolute Gasteiger partial charge is 0.306 e. The Kier molecular flexibility index (Phi) is 7.91. The normalized spacial score (nSPS) is 44.7. The highest BCUT2D eigenvalue weighted by molar-refractivity contribution is 5.70. The van der Waals surface area contributed by atoms with Crippen molar-refractivity contribution in [3.63, 3.8) is 0 Å². The van der Waals surface area contributed by atoms with Gasteiger partial charge in [0.05, 0.1) is 6.42 Å². The lowest BCUT2D eigenvalue weighted by Crippen LogP contribution is -2.54. The third-order valence-electron chi connectivity index (χ3n) is 13.3. The highest BCUT2D eigenvalue weighted by atomic mass is 16.5. The average molecular weight is 500 g/mol. The predicted octanol–water partition coefficient (Wildman–Crippen LogP) is 8.29. The molecular weight excluding hydrogens is 442 g/mol. The Labute approximate surface area is 222 Å². The van der Waals surface area contributed by atoms with Crippen LogP contribution in [-0.2, 0) is 9.53 Å². The maximum Gasteiger partial charge on any atom is 0.306 e. The first-order valence-corrected chi connectivity index (χ1v) is 16.1. The van der Waals surface area contributed by atoms with Crippen molar-refractivity contribution in [1.82, 2.24) is 0 Å². The second-order valence-corrected chi connectivity index (χ2v) is 15.0. The Balaban J connectivity index is 1.21. The monoisotopic (exact) mass is 499 g/mol. The van der Waals surface area contributed by atoms with E-state index in [9.17, 15) is 4.79 Å². The number of carbonyl (C=O) groups excluding carboxylic acids is 1. The molecule has 0 aliphatic heterocycles. The van der Waals surface area contributed by atoms with Crippen LogP contribution in [0, 0.1) is 51.8 Å². The average Bonchev–Trinajstić information content (AvgIpc) is 3.22. The van der Waals surface area contributed by atoms with Crippen molar-refractivity contribution < 1.29 is 9.53 Å². The zero-order chi connectivity index (χ0) is 25.6. The number of nitrogens with two attached hydrogens (primary N) is 1. The van der Waals surface area contributed by atoms with Crippen molar-refractivity contribution in [2.75, 3.05) is 6.54 Å². The van der Waals surface area contributed by atoms with Crippen LogP contribution in [-0.4, -0.2) is 18.6 Å². The van der Waals surface area contributed by atoms with Crippen LogP contribution in [0.1, 0.15) is 137 Å². The molecule has 5 rings (SSSR count). The predicted molar refractivity (Wildman–Crippen MR) is 148 cm³/mol. The fourth-order valence-corrected chi connectivity index (χ4v) is 11.2. The summed E-state index contributed by atoms with van der Waals surface area (Å²) in [6.07, 6.45) is 21.5. The quantitative estimate of drug-likeness (QED) is 0.358. The van der Waals surface area contributed by atoms with Gasteiger partial charge in [-0.05, 0) is 129 Å². The first-order chi connectivity index (χ1) is 17.2. The van der Waals surface area contributed by atoms with Gasteiger partial charge in [-0.2, -0.15) is 0 Å². The van der Waals surface area contributed by atoms with E-state index in [1.54, 1.807) is 0 Å². The van der Waals surface area contributed by atoms with Gasteiger partial charge in [-0.25, -0.2) is 0 Å². The van der Waals surface area contributed by atoms with Crippen molar-refractivity contribution in [2.45, 2.75) is 143 Å². The Hall–Kier alpha value is -0.570. The number of hydrogen-bond donors (Lipinski definition) is 1. The van der Waals surface area contributed by atoms with Crippen molar-refractivity contribution in [2.24, 2.45) is 57.5 Å². The Morgan fingerprint density at radius 2 is 1.64 bits per heavy atom. The Bertz CT molecular complexity index is 774. The van der Waals surface area contributed by atoms with Gasteiger partial charge >= 0.3 is 5.97 Å². The van der Waals surface area contributed by atoms with E-state index in [0.29, 0.717) is 23.8 Å². The molecule has 206 valence electrons. The Morgan fingerprint density at radius 3 is 2.36 bits per heavy atom. The van der Waals surface area contributed by atoms with E-state index in [2.05, 4.69) is 27.7 Å². The van der Waals surface area contributed by atoms with Gasteiger partial charge in [0.25, 0.3) is 0 Å². The summed E-state index contributed by atoms with van der Waals surface area (Å²) in [6, 6.07) is 0. The third-order valence-corrected chi connectivity index (χ3v) is 13.3. The second kappa shape index (κ2) is 10.5. The van der Waals surface area contributed by atoms with E-state index < -0.39 is 0 Å². The zero-order valence-electron chi connectivity index (χ0n) is 24.2. The van der Waals surface area contributed by atoms with Gasteiger partial charge < -0.3 is 10.5 Å². The van der Waals surface area contributed by atoms with E-state index in [0.717, 1.165) is 61.2 Å². The van der Waals surface area contributed by atoms with Gasteiger partial charge in [0.15, 0.2) is 0 Å². The maximum absolute atomic E-state index is 13.0. The number of esters is 1. The van der Waals surface area contributed by atoms with Crippen LogP contribution in [0.2, 0.25) is 0 Å². The third kappa shape index (κ3) is 4.71. The van der Waals surface area contributed by atoms with Gasteiger partial charge in [0, 0.05) is 0 Å². The van der Waals surface area contributed by atoms with E-state index in [1.165, 1.54) is 77.0 Å². The van der Waals surface area contributed by atoms with Gasteiger partial charge in [-0.15, -0.1) is 0 Å². The Morgan fingerprint density at radius 1 is 0.917 bits per heavy atom. The summed E-state index contributed by atoms with van der Waals surface area (Å²) in [5, 5.41) is 0. The molecule has 3 nitrogen and oxygen atoms in total. The van der Waals surface area contributed by atoms with E-state index in [4.69, 9.17) is 10.5 Å². The summed E-state index contributed by atoms with van der Waals surface area (Å²) in [7, 11) is 0. The summed E-state index contributed by atoms with van der Waals surface area (Å²) in [4.78, 5) is 13.0. The van der Waals surface area contributed by atoms with Gasteiger partial charge in [-0.1, -0.05) is 59.8 Å². The van der Waals surface area contributed by atoms with Gasteiger partial charge in [0.1, 0.15) is 6.10 Å². The molecule has 0 spiro atoms. The number of hydrogen-bond acceptors (Lipinski definition) is 3. The fourth-order valence-electron chi connectivity index (χ4n) is 11.2. The zero-order valence-corrected chi connectivity index (χ0v) is 24.2. The van der Waals surface area contributed by atoms with Gasteiger partial charge in [0.2, 0.25) is 0 Å². The van der Waals surface area contributed by atoms with E-state index in [-0.39, 0.29) is 17.5 Å². The molecular formula is C33H57NO2. The highest BCUT2D eigenvalue weighted by Gasteiger charge is 2.60. The lowest BCUT2D eigenvalue weighted by molar-refractivity contribution is -0.165. The molecule has 5 saturated carbocycles. The highest BCUT2D eigenvalue weighted by Crippen LogP contribution is 2.68. The molecule has 5 unspecified atom stereocenters. The summed E-state index contributed by atoms with van der Waals surface area (Å²) >= 11 is 0. The van der Waals surface area contributed by atoms with E-state index >= 15 is 0 Å². The molecule has 0 radical (unpaired) electrons. The summed E-state index contributed by atoms with van der Waals surface area (Å²) < 4.78 is 6.21. The minimum atomic E-state index is 0.0130. The maximum atomic E-state index is 13.0. The topological polar surface area (TPSA) is 52.3 Å². The van der Waals surface area contributed by atoms with Crippen LogP contribution in [0.15, 0.2) is 0 Å². The van der Waals surface area contributed by atoms with Crippen LogP contribution in [0.4, 0.5) is 0 Å². The molecule has 5 fully saturated rings. The first-order valence-electron chi connectivity index (χ1n) is 16.1. The molecule has 36 heavy (non-hydrogen) atoms. The minimum Gasteiger partial charge on any atom is -0.462 e. The molecule has 5 aliphatic rings.